The first kappa shape index (κ1) is 10.0. The fraction of sp³-hybridized carbons (Fsp3) is 1.00. The highest BCUT2D eigenvalue weighted by Gasteiger charge is 2.20. The van der Waals surface area contributed by atoms with Crippen molar-refractivity contribution in [2.24, 2.45) is 0 Å². The van der Waals surface area contributed by atoms with Crippen LogP contribution in [0.2, 0.25) is 0 Å². The molecule has 1 aliphatic rings. The van der Waals surface area contributed by atoms with Gasteiger partial charge in [-0.2, -0.15) is 0 Å². The number of nitrogens with one attached hydrogen (secondary N) is 2. The second kappa shape index (κ2) is 5.55. The van der Waals surface area contributed by atoms with E-state index in [0.29, 0.717) is 6.04 Å². The summed E-state index contributed by atoms with van der Waals surface area (Å²) in [4.78, 5) is 0. The summed E-state index contributed by atoms with van der Waals surface area (Å²) in [6, 6.07) is 1.42. The van der Waals surface area contributed by atoms with Crippen LogP contribution in [0.1, 0.15) is 39.0 Å². The van der Waals surface area contributed by atoms with Crippen LogP contribution in [0.15, 0.2) is 0 Å². The van der Waals surface area contributed by atoms with Crippen molar-refractivity contribution < 1.29 is 0 Å². The Labute approximate surface area is 76.1 Å². The summed E-state index contributed by atoms with van der Waals surface area (Å²) in [6.45, 7) is 3.47. The van der Waals surface area contributed by atoms with Crippen molar-refractivity contribution in [3.05, 3.63) is 0 Å². The maximum absolute atomic E-state index is 3.59. The van der Waals surface area contributed by atoms with Crippen LogP contribution >= 0.6 is 0 Å². The summed E-state index contributed by atoms with van der Waals surface area (Å²) in [5, 5.41) is 7.00. The van der Waals surface area contributed by atoms with Gasteiger partial charge in [0.1, 0.15) is 0 Å². The van der Waals surface area contributed by atoms with Gasteiger partial charge in [0, 0.05) is 12.1 Å². The molecule has 0 aromatic heterocycles. The van der Waals surface area contributed by atoms with Crippen LogP contribution in [0, 0.1) is 0 Å². The Balaban J connectivity index is 2.29. The van der Waals surface area contributed by atoms with E-state index >= 15 is 0 Å². The Hall–Kier alpha value is -0.0800. The average molecular weight is 170 g/mol. The molecule has 0 bridgehead atoms. The van der Waals surface area contributed by atoms with E-state index in [0.717, 1.165) is 6.04 Å². The van der Waals surface area contributed by atoms with Gasteiger partial charge in [-0.25, -0.2) is 0 Å². The molecule has 72 valence electrons. The number of hydrogen-bond acceptors (Lipinski definition) is 2. The van der Waals surface area contributed by atoms with Gasteiger partial charge in [0.2, 0.25) is 0 Å². The van der Waals surface area contributed by atoms with Crippen molar-refractivity contribution in [1.29, 1.82) is 0 Å². The molecule has 1 aliphatic heterocycles. The van der Waals surface area contributed by atoms with Gasteiger partial charge in [-0.05, 0) is 32.9 Å². The lowest BCUT2D eigenvalue weighted by molar-refractivity contribution is 0.309. The van der Waals surface area contributed by atoms with Crippen molar-refractivity contribution in [3.8, 4) is 0 Å². The quantitative estimate of drug-likeness (QED) is 0.668. The number of likely N-dealkylation sites (N-methyl/N-ethyl adjacent to an activating group) is 1. The Morgan fingerprint density at radius 3 is 2.83 bits per heavy atom. The molecule has 0 radical (unpaired) electrons. The van der Waals surface area contributed by atoms with Crippen molar-refractivity contribution in [3.63, 3.8) is 0 Å². The summed E-state index contributed by atoms with van der Waals surface area (Å²) >= 11 is 0. The summed E-state index contributed by atoms with van der Waals surface area (Å²) in [5.74, 6) is 0. The zero-order chi connectivity index (χ0) is 8.81. The first-order chi connectivity index (χ1) is 5.88. The Kier molecular flexibility index (Phi) is 4.62. The topological polar surface area (TPSA) is 24.1 Å². The third-order valence-corrected chi connectivity index (χ3v) is 2.80. The van der Waals surface area contributed by atoms with Gasteiger partial charge in [0.05, 0.1) is 0 Å². The molecule has 0 amide bonds. The van der Waals surface area contributed by atoms with E-state index in [9.17, 15) is 0 Å². The zero-order valence-electron chi connectivity index (χ0n) is 8.40. The standard InChI is InChI=1S/C10H22N2/c1-3-6-9(11-2)10-7-4-5-8-12-10/h9-12H,3-8H2,1-2H3. The molecule has 1 heterocycles. The predicted molar refractivity (Wildman–Crippen MR) is 53.4 cm³/mol. The third-order valence-electron chi connectivity index (χ3n) is 2.80. The van der Waals surface area contributed by atoms with Crippen molar-refractivity contribution in [2.45, 2.75) is 51.1 Å². The molecule has 1 fully saturated rings. The van der Waals surface area contributed by atoms with E-state index in [1.54, 1.807) is 0 Å². The van der Waals surface area contributed by atoms with E-state index in [1.807, 2.05) is 0 Å². The van der Waals surface area contributed by atoms with Crippen molar-refractivity contribution in [1.82, 2.24) is 10.6 Å². The number of hydrogen-bond donors (Lipinski definition) is 2. The monoisotopic (exact) mass is 170 g/mol. The van der Waals surface area contributed by atoms with Gasteiger partial charge in [-0.3, -0.25) is 0 Å². The van der Waals surface area contributed by atoms with Gasteiger partial charge in [0.25, 0.3) is 0 Å². The van der Waals surface area contributed by atoms with Crippen molar-refractivity contribution >= 4 is 0 Å². The SMILES string of the molecule is CCCC(NC)C1CCCCN1. The maximum Gasteiger partial charge on any atom is 0.0221 e. The fourth-order valence-electron chi connectivity index (χ4n) is 2.08. The first-order valence-electron chi connectivity index (χ1n) is 5.29. The molecule has 0 spiro atoms. The zero-order valence-corrected chi connectivity index (χ0v) is 8.40. The largest absolute Gasteiger partial charge is 0.315 e. The van der Waals surface area contributed by atoms with Crippen LogP contribution < -0.4 is 10.6 Å². The minimum atomic E-state index is 0.690. The van der Waals surface area contributed by atoms with Crippen molar-refractivity contribution in [2.75, 3.05) is 13.6 Å². The number of piperidine rings is 1. The lowest BCUT2D eigenvalue weighted by atomic mass is 9.95. The highest BCUT2D eigenvalue weighted by atomic mass is 15.0. The van der Waals surface area contributed by atoms with Crippen LogP contribution in [0.5, 0.6) is 0 Å². The molecule has 2 nitrogen and oxygen atoms in total. The predicted octanol–water partition coefficient (Wildman–Crippen LogP) is 1.52. The molecular weight excluding hydrogens is 148 g/mol. The van der Waals surface area contributed by atoms with Gasteiger partial charge in [0.15, 0.2) is 0 Å². The average Bonchev–Trinajstić information content (AvgIpc) is 2.15. The normalized spacial score (nSPS) is 27.0. The smallest absolute Gasteiger partial charge is 0.0221 e. The Morgan fingerprint density at radius 2 is 2.33 bits per heavy atom. The van der Waals surface area contributed by atoms with E-state index < -0.39 is 0 Å². The van der Waals surface area contributed by atoms with Gasteiger partial charge in [-0.1, -0.05) is 19.8 Å². The summed E-state index contributed by atoms with van der Waals surface area (Å²) < 4.78 is 0. The highest BCUT2D eigenvalue weighted by Crippen LogP contribution is 2.13. The molecule has 1 rings (SSSR count). The first-order valence-corrected chi connectivity index (χ1v) is 5.29. The van der Waals surface area contributed by atoms with Gasteiger partial charge >= 0.3 is 0 Å². The van der Waals surface area contributed by atoms with Crippen LogP contribution in [-0.4, -0.2) is 25.7 Å². The van der Waals surface area contributed by atoms with E-state index in [2.05, 4.69) is 24.6 Å². The minimum absolute atomic E-state index is 0.690. The molecule has 0 aromatic rings. The second-order valence-electron chi connectivity index (χ2n) is 3.74. The minimum Gasteiger partial charge on any atom is -0.315 e. The molecular formula is C10H22N2. The van der Waals surface area contributed by atoms with Gasteiger partial charge < -0.3 is 10.6 Å². The molecule has 2 atom stereocenters. The second-order valence-corrected chi connectivity index (χ2v) is 3.74. The maximum atomic E-state index is 3.59. The lowest BCUT2D eigenvalue weighted by Gasteiger charge is -2.31. The molecule has 2 heteroatoms. The molecule has 2 N–H and O–H groups in total. The van der Waals surface area contributed by atoms with Crippen LogP contribution in [0.25, 0.3) is 0 Å². The summed E-state index contributed by atoms with van der Waals surface area (Å²) in [6.07, 6.45) is 6.70. The third kappa shape index (κ3) is 2.76. The van der Waals surface area contributed by atoms with E-state index in [-0.39, 0.29) is 0 Å². The summed E-state index contributed by atoms with van der Waals surface area (Å²) in [5.41, 5.74) is 0. The lowest BCUT2D eigenvalue weighted by Crippen LogP contribution is -2.48. The molecule has 12 heavy (non-hydrogen) atoms. The van der Waals surface area contributed by atoms with E-state index in [4.69, 9.17) is 0 Å². The number of rotatable bonds is 4. The molecule has 1 saturated heterocycles. The van der Waals surface area contributed by atoms with Gasteiger partial charge in [-0.15, -0.1) is 0 Å². The fourth-order valence-corrected chi connectivity index (χ4v) is 2.08. The summed E-state index contributed by atoms with van der Waals surface area (Å²) in [7, 11) is 2.08. The van der Waals surface area contributed by atoms with E-state index in [1.165, 1.54) is 38.6 Å². The molecule has 2 unspecified atom stereocenters. The molecule has 0 aromatic carbocycles. The Bertz CT molecular complexity index is 106. The molecule has 0 aliphatic carbocycles. The Morgan fingerprint density at radius 1 is 1.50 bits per heavy atom. The highest BCUT2D eigenvalue weighted by molar-refractivity contribution is 4.83. The molecule has 0 saturated carbocycles. The van der Waals surface area contributed by atoms with Crippen LogP contribution in [0.4, 0.5) is 0 Å². The van der Waals surface area contributed by atoms with Crippen LogP contribution in [-0.2, 0) is 0 Å². The van der Waals surface area contributed by atoms with Crippen LogP contribution in [0.3, 0.4) is 0 Å².